The molecule has 1 heterocycles. The van der Waals surface area contributed by atoms with Gasteiger partial charge in [-0.1, -0.05) is 41.9 Å². The van der Waals surface area contributed by atoms with Gasteiger partial charge in [0.25, 0.3) is 0 Å². The number of nitrogens with zero attached hydrogens (tertiary/aromatic N) is 2. The van der Waals surface area contributed by atoms with Crippen molar-refractivity contribution in [2.24, 2.45) is 0 Å². The fraction of sp³-hybridized carbons (Fsp3) is 0.467. The molecule has 0 aliphatic carbocycles. The molecule has 0 aliphatic rings. The Bertz CT molecular complexity index is 504. The van der Waals surface area contributed by atoms with Gasteiger partial charge in [-0.2, -0.15) is 4.98 Å². The SMILES string of the molecule is CCCNC(C)Cc1nc(-c2ccc(C)cc2)no1. The minimum absolute atomic E-state index is 0.353. The van der Waals surface area contributed by atoms with E-state index in [2.05, 4.69) is 48.4 Å². The zero-order valence-corrected chi connectivity index (χ0v) is 11.8. The Hall–Kier alpha value is -1.68. The number of hydrogen-bond acceptors (Lipinski definition) is 4. The van der Waals surface area contributed by atoms with Gasteiger partial charge in [0.15, 0.2) is 0 Å². The smallest absolute Gasteiger partial charge is 0.228 e. The summed E-state index contributed by atoms with van der Waals surface area (Å²) in [5.41, 5.74) is 2.22. The zero-order valence-electron chi connectivity index (χ0n) is 11.8. The highest BCUT2D eigenvalue weighted by atomic mass is 16.5. The standard InChI is InChI=1S/C15H21N3O/c1-4-9-16-12(3)10-14-17-15(18-19-14)13-7-5-11(2)6-8-13/h5-8,12,16H,4,9-10H2,1-3H3. The van der Waals surface area contributed by atoms with Gasteiger partial charge < -0.3 is 9.84 Å². The van der Waals surface area contributed by atoms with Gasteiger partial charge in [0, 0.05) is 18.0 Å². The topological polar surface area (TPSA) is 51.0 Å². The van der Waals surface area contributed by atoms with E-state index in [1.54, 1.807) is 0 Å². The predicted octanol–water partition coefficient (Wildman–Crippen LogP) is 2.98. The maximum atomic E-state index is 5.30. The fourth-order valence-corrected chi connectivity index (χ4v) is 1.88. The number of aromatic nitrogens is 2. The Morgan fingerprint density at radius 2 is 2.00 bits per heavy atom. The van der Waals surface area contributed by atoms with Crippen molar-refractivity contribution < 1.29 is 4.52 Å². The fourth-order valence-electron chi connectivity index (χ4n) is 1.88. The lowest BCUT2D eigenvalue weighted by Crippen LogP contribution is -2.28. The molecule has 0 saturated carbocycles. The van der Waals surface area contributed by atoms with E-state index in [-0.39, 0.29) is 0 Å². The molecular weight excluding hydrogens is 238 g/mol. The van der Waals surface area contributed by atoms with Gasteiger partial charge in [-0.25, -0.2) is 0 Å². The highest BCUT2D eigenvalue weighted by Crippen LogP contribution is 2.16. The molecule has 0 fully saturated rings. The van der Waals surface area contributed by atoms with E-state index in [1.165, 1.54) is 5.56 Å². The summed E-state index contributed by atoms with van der Waals surface area (Å²) in [6, 6.07) is 8.49. The number of nitrogens with one attached hydrogen (secondary N) is 1. The van der Waals surface area contributed by atoms with Gasteiger partial charge in [-0.3, -0.25) is 0 Å². The average Bonchev–Trinajstić information content (AvgIpc) is 2.85. The first-order chi connectivity index (χ1) is 9.19. The first kappa shape index (κ1) is 13.7. The molecule has 0 amide bonds. The third-order valence-corrected chi connectivity index (χ3v) is 3.00. The van der Waals surface area contributed by atoms with E-state index in [1.807, 2.05) is 12.1 Å². The molecule has 1 unspecified atom stereocenters. The Labute approximate surface area is 114 Å². The molecule has 19 heavy (non-hydrogen) atoms. The van der Waals surface area contributed by atoms with Crippen LogP contribution in [0.25, 0.3) is 11.4 Å². The van der Waals surface area contributed by atoms with Crippen LogP contribution >= 0.6 is 0 Å². The van der Waals surface area contributed by atoms with Gasteiger partial charge in [-0.05, 0) is 26.8 Å². The van der Waals surface area contributed by atoms with Crippen molar-refractivity contribution in [3.8, 4) is 11.4 Å². The highest BCUT2D eigenvalue weighted by molar-refractivity contribution is 5.54. The van der Waals surface area contributed by atoms with E-state index < -0.39 is 0 Å². The largest absolute Gasteiger partial charge is 0.339 e. The molecule has 1 N–H and O–H groups in total. The average molecular weight is 259 g/mol. The van der Waals surface area contributed by atoms with E-state index >= 15 is 0 Å². The summed E-state index contributed by atoms with van der Waals surface area (Å²) in [5.74, 6) is 1.35. The lowest BCUT2D eigenvalue weighted by Gasteiger charge is -2.09. The number of benzene rings is 1. The van der Waals surface area contributed by atoms with Crippen LogP contribution in [0.5, 0.6) is 0 Å². The second-order valence-electron chi connectivity index (χ2n) is 4.94. The van der Waals surface area contributed by atoms with Crippen LogP contribution in [0.1, 0.15) is 31.7 Å². The molecule has 0 spiro atoms. The molecule has 0 saturated heterocycles. The molecule has 0 bridgehead atoms. The van der Waals surface area contributed by atoms with E-state index in [0.29, 0.717) is 17.8 Å². The van der Waals surface area contributed by atoms with Gasteiger partial charge >= 0.3 is 0 Å². The van der Waals surface area contributed by atoms with Crippen molar-refractivity contribution in [2.75, 3.05) is 6.54 Å². The minimum atomic E-state index is 0.353. The normalized spacial score (nSPS) is 12.6. The van der Waals surface area contributed by atoms with Crippen LogP contribution in [0.15, 0.2) is 28.8 Å². The van der Waals surface area contributed by atoms with Crippen LogP contribution in [-0.2, 0) is 6.42 Å². The Balaban J connectivity index is 2.00. The molecule has 2 rings (SSSR count). The Kier molecular flexibility index (Phi) is 4.68. The summed E-state index contributed by atoms with van der Waals surface area (Å²) in [6.45, 7) is 7.36. The minimum Gasteiger partial charge on any atom is -0.339 e. The van der Waals surface area contributed by atoms with E-state index in [4.69, 9.17) is 4.52 Å². The van der Waals surface area contributed by atoms with Crippen LogP contribution in [0.3, 0.4) is 0 Å². The predicted molar refractivity (Wildman–Crippen MR) is 75.9 cm³/mol. The summed E-state index contributed by atoms with van der Waals surface area (Å²) < 4.78 is 5.30. The molecule has 4 nitrogen and oxygen atoms in total. The van der Waals surface area contributed by atoms with Crippen LogP contribution < -0.4 is 5.32 Å². The summed E-state index contributed by atoms with van der Waals surface area (Å²) in [5, 5.41) is 7.45. The second-order valence-corrected chi connectivity index (χ2v) is 4.94. The van der Waals surface area contributed by atoms with Crippen molar-refractivity contribution in [3.63, 3.8) is 0 Å². The first-order valence-electron chi connectivity index (χ1n) is 6.82. The summed E-state index contributed by atoms with van der Waals surface area (Å²) >= 11 is 0. The molecular formula is C15H21N3O. The molecule has 1 aromatic heterocycles. The third-order valence-electron chi connectivity index (χ3n) is 3.00. The van der Waals surface area contributed by atoms with Gasteiger partial charge in [-0.15, -0.1) is 0 Å². The Morgan fingerprint density at radius 3 is 2.68 bits per heavy atom. The van der Waals surface area contributed by atoms with Crippen LogP contribution in [0.2, 0.25) is 0 Å². The monoisotopic (exact) mass is 259 g/mol. The molecule has 0 aliphatic heterocycles. The summed E-state index contributed by atoms with van der Waals surface area (Å²) in [7, 11) is 0. The van der Waals surface area contributed by atoms with Crippen molar-refractivity contribution >= 4 is 0 Å². The lowest BCUT2D eigenvalue weighted by molar-refractivity contribution is 0.362. The van der Waals surface area contributed by atoms with Crippen LogP contribution in [0.4, 0.5) is 0 Å². The number of rotatable bonds is 6. The molecule has 4 heteroatoms. The first-order valence-corrected chi connectivity index (χ1v) is 6.82. The zero-order chi connectivity index (χ0) is 13.7. The van der Waals surface area contributed by atoms with E-state index in [0.717, 1.165) is 24.9 Å². The quantitative estimate of drug-likeness (QED) is 0.866. The second kappa shape index (κ2) is 6.48. The van der Waals surface area contributed by atoms with Crippen molar-refractivity contribution in [1.29, 1.82) is 0 Å². The van der Waals surface area contributed by atoms with Gasteiger partial charge in [0.2, 0.25) is 11.7 Å². The third kappa shape index (κ3) is 3.89. The van der Waals surface area contributed by atoms with Crippen molar-refractivity contribution in [1.82, 2.24) is 15.5 Å². The number of hydrogen-bond donors (Lipinski definition) is 1. The van der Waals surface area contributed by atoms with Gasteiger partial charge in [0.1, 0.15) is 0 Å². The van der Waals surface area contributed by atoms with Crippen molar-refractivity contribution in [2.45, 2.75) is 39.7 Å². The summed E-state index contributed by atoms with van der Waals surface area (Å²) in [4.78, 5) is 4.44. The molecule has 102 valence electrons. The maximum absolute atomic E-state index is 5.30. The molecule has 1 aromatic carbocycles. The van der Waals surface area contributed by atoms with E-state index in [9.17, 15) is 0 Å². The Morgan fingerprint density at radius 1 is 1.26 bits per heavy atom. The molecule has 0 radical (unpaired) electrons. The molecule has 2 aromatic rings. The lowest BCUT2D eigenvalue weighted by atomic mass is 10.1. The number of aryl methyl sites for hydroxylation is 1. The highest BCUT2D eigenvalue weighted by Gasteiger charge is 2.11. The van der Waals surface area contributed by atoms with Crippen molar-refractivity contribution in [3.05, 3.63) is 35.7 Å². The van der Waals surface area contributed by atoms with Gasteiger partial charge in [0.05, 0.1) is 0 Å². The van der Waals surface area contributed by atoms with Crippen LogP contribution in [0, 0.1) is 6.92 Å². The summed E-state index contributed by atoms with van der Waals surface area (Å²) in [6.07, 6.45) is 1.89. The van der Waals surface area contributed by atoms with Crippen LogP contribution in [-0.4, -0.2) is 22.7 Å². The molecule has 1 atom stereocenters. The maximum Gasteiger partial charge on any atom is 0.228 e.